The second kappa shape index (κ2) is 6.25. The van der Waals surface area contributed by atoms with Gasteiger partial charge in [0.05, 0.1) is 6.54 Å². The van der Waals surface area contributed by atoms with Crippen LogP contribution in [0.15, 0.2) is 30.3 Å². The lowest BCUT2D eigenvalue weighted by molar-refractivity contribution is -0.142. The summed E-state index contributed by atoms with van der Waals surface area (Å²) >= 11 is 0. The van der Waals surface area contributed by atoms with Gasteiger partial charge in [-0.2, -0.15) is 0 Å². The van der Waals surface area contributed by atoms with E-state index in [-0.39, 0.29) is 19.1 Å². The Kier molecular flexibility index (Phi) is 4.59. The predicted octanol–water partition coefficient (Wildman–Crippen LogP) is 2.53. The molecule has 2 rings (SSSR count). The first-order chi connectivity index (χ1) is 10.3. The van der Waals surface area contributed by atoms with Crippen LogP contribution in [-0.2, 0) is 9.53 Å². The second-order valence-electron chi connectivity index (χ2n) is 6.28. The van der Waals surface area contributed by atoms with Gasteiger partial charge in [-0.1, -0.05) is 18.2 Å². The molecule has 0 spiro atoms. The van der Waals surface area contributed by atoms with E-state index in [1.165, 1.54) is 4.90 Å². The molecule has 0 unspecified atom stereocenters. The number of amides is 1. The first kappa shape index (κ1) is 16.1. The van der Waals surface area contributed by atoms with Gasteiger partial charge in [0.25, 0.3) is 0 Å². The Morgan fingerprint density at radius 1 is 1.23 bits per heavy atom. The number of carboxylic acids is 1. The number of aliphatic carboxylic acids is 1. The zero-order valence-electron chi connectivity index (χ0n) is 13.0. The average molecular weight is 307 g/mol. The number of rotatable bonds is 3. The van der Waals surface area contributed by atoms with Gasteiger partial charge in [-0.05, 0) is 32.9 Å². The fraction of sp³-hybridized carbons (Fsp3) is 0.500. The molecule has 0 saturated carbocycles. The minimum absolute atomic E-state index is 0.195. The third-order valence-electron chi connectivity index (χ3n) is 3.22. The van der Waals surface area contributed by atoms with Crippen molar-refractivity contribution < 1.29 is 24.2 Å². The van der Waals surface area contributed by atoms with Crippen LogP contribution in [0.1, 0.15) is 27.2 Å². The molecule has 0 aliphatic carbocycles. The zero-order chi connectivity index (χ0) is 16.3. The Morgan fingerprint density at radius 2 is 1.86 bits per heavy atom. The van der Waals surface area contributed by atoms with Crippen LogP contribution in [0, 0.1) is 0 Å². The number of nitrogens with zero attached hydrogens (tertiary/aromatic N) is 1. The summed E-state index contributed by atoms with van der Waals surface area (Å²) in [6, 6.07) is 8.21. The number of hydrogen-bond donors (Lipinski definition) is 1. The molecule has 22 heavy (non-hydrogen) atoms. The van der Waals surface area contributed by atoms with Gasteiger partial charge in [0.1, 0.15) is 23.5 Å². The molecule has 1 aromatic carbocycles. The summed E-state index contributed by atoms with van der Waals surface area (Å²) in [7, 11) is 0. The van der Waals surface area contributed by atoms with Crippen LogP contribution in [0.4, 0.5) is 4.79 Å². The highest BCUT2D eigenvalue weighted by atomic mass is 16.6. The van der Waals surface area contributed by atoms with E-state index in [0.717, 1.165) is 0 Å². The standard InChI is InChI=1S/C16H21NO5/c1-16(2,3)22-15(20)17-10-12(9-13(17)14(18)19)21-11-7-5-4-6-8-11/h4-8,12-13H,9-10H2,1-3H3,(H,18,19)/t12-,13+/m1/s1. The molecule has 0 bridgehead atoms. The SMILES string of the molecule is CC(C)(C)OC(=O)N1C[C@H](Oc2ccccc2)C[C@H]1C(=O)O. The van der Waals surface area contributed by atoms with E-state index in [9.17, 15) is 14.7 Å². The monoisotopic (exact) mass is 307 g/mol. The molecule has 1 aliphatic rings. The van der Waals surface area contributed by atoms with Crippen LogP contribution in [0.2, 0.25) is 0 Å². The average Bonchev–Trinajstić information content (AvgIpc) is 2.82. The Hall–Kier alpha value is -2.24. The molecule has 1 amide bonds. The van der Waals surface area contributed by atoms with Crippen molar-refractivity contribution in [2.24, 2.45) is 0 Å². The Labute approximate surface area is 129 Å². The highest BCUT2D eigenvalue weighted by molar-refractivity contribution is 5.81. The second-order valence-corrected chi connectivity index (χ2v) is 6.28. The van der Waals surface area contributed by atoms with Crippen molar-refractivity contribution in [1.82, 2.24) is 4.90 Å². The Bertz CT molecular complexity index is 537. The summed E-state index contributed by atoms with van der Waals surface area (Å²) in [5.41, 5.74) is -0.668. The smallest absolute Gasteiger partial charge is 0.411 e. The fourth-order valence-electron chi connectivity index (χ4n) is 2.33. The molecule has 6 heteroatoms. The maximum absolute atomic E-state index is 12.2. The minimum Gasteiger partial charge on any atom is -0.488 e. The Balaban J connectivity index is 2.06. The first-order valence-electron chi connectivity index (χ1n) is 7.20. The molecular weight excluding hydrogens is 286 g/mol. The molecular formula is C16H21NO5. The Morgan fingerprint density at radius 3 is 2.41 bits per heavy atom. The van der Waals surface area contributed by atoms with Crippen LogP contribution in [0.25, 0.3) is 0 Å². The molecule has 1 fully saturated rings. The number of para-hydroxylation sites is 1. The number of likely N-dealkylation sites (tertiary alicyclic amines) is 1. The number of ether oxygens (including phenoxy) is 2. The molecule has 1 N–H and O–H groups in total. The van der Waals surface area contributed by atoms with Gasteiger partial charge in [0.15, 0.2) is 0 Å². The molecule has 1 aliphatic heterocycles. The van der Waals surface area contributed by atoms with Crippen molar-refractivity contribution in [2.75, 3.05) is 6.54 Å². The van der Waals surface area contributed by atoms with Gasteiger partial charge < -0.3 is 14.6 Å². The summed E-state index contributed by atoms with van der Waals surface area (Å²) in [6.07, 6.45) is -0.751. The van der Waals surface area contributed by atoms with Gasteiger partial charge in [0, 0.05) is 6.42 Å². The summed E-state index contributed by atoms with van der Waals surface area (Å²) in [5, 5.41) is 9.31. The van der Waals surface area contributed by atoms with E-state index in [0.29, 0.717) is 5.75 Å². The van der Waals surface area contributed by atoms with Crippen LogP contribution < -0.4 is 4.74 Å². The molecule has 1 heterocycles. The molecule has 0 radical (unpaired) electrons. The van der Waals surface area contributed by atoms with Crippen molar-refractivity contribution in [3.05, 3.63) is 30.3 Å². The van der Waals surface area contributed by atoms with Gasteiger partial charge in [-0.15, -0.1) is 0 Å². The van der Waals surface area contributed by atoms with Crippen LogP contribution in [0.5, 0.6) is 5.75 Å². The van der Waals surface area contributed by atoms with E-state index in [2.05, 4.69) is 0 Å². The van der Waals surface area contributed by atoms with Crippen molar-refractivity contribution in [2.45, 2.75) is 44.9 Å². The molecule has 2 atom stereocenters. The predicted molar refractivity (Wildman–Crippen MR) is 79.8 cm³/mol. The van der Waals surface area contributed by atoms with Crippen molar-refractivity contribution in [1.29, 1.82) is 0 Å². The maximum atomic E-state index is 12.2. The van der Waals surface area contributed by atoms with Crippen molar-refractivity contribution >= 4 is 12.1 Å². The highest BCUT2D eigenvalue weighted by Gasteiger charge is 2.42. The molecule has 1 saturated heterocycles. The van der Waals surface area contributed by atoms with E-state index in [1.807, 2.05) is 18.2 Å². The van der Waals surface area contributed by atoms with Gasteiger partial charge in [0.2, 0.25) is 0 Å². The number of carbonyl (C=O) groups excluding carboxylic acids is 1. The third-order valence-corrected chi connectivity index (χ3v) is 3.22. The lowest BCUT2D eigenvalue weighted by Crippen LogP contribution is -2.43. The molecule has 6 nitrogen and oxygen atoms in total. The quantitative estimate of drug-likeness (QED) is 0.928. The summed E-state index contributed by atoms with van der Waals surface area (Å²) < 4.78 is 11.0. The fourth-order valence-corrected chi connectivity index (χ4v) is 2.33. The molecule has 1 aromatic rings. The highest BCUT2D eigenvalue weighted by Crippen LogP contribution is 2.25. The normalized spacial score (nSPS) is 21.5. The minimum atomic E-state index is -1.05. The maximum Gasteiger partial charge on any atom is 0.411 e. The van der Waals surface area contributed by atoms with Crippen LogP contribution in [-0.4, -0.2) is 46.4 Å². The topological polar surface area (TPSA) is 76.1 Å². The van der Waals surface area contributed by atoms with Crippen LogP contribution in [0.3, 0.4) is 0 Å². The summed E-state index contributed by atoms with van der Waals surface area (Å²) in [4.78, 5) is 24.8. The number of hydrogen-bond acceptors (Lipinski definition) is 4. The number of carboxylic acid groups (broad SMARTS) is 1. The van der Waals surface area contributed by atoms with E-state index in [1.54, 1.807) is 32.9 Å². The first-order valence-corrected chi connectivity index (χ1v) is 7.20. The summed E-state index contributed by atoms with van der Waals surface area (Å²) in [5.74, 6) is -0.396. The lowest BCUT2D eigenvalue weighted by atomic mass is 10.2. The molecule has 120 valence electrons. The third kappa shape index (κ3) is 4.13. The van der Waals surface area contributed by atoms with E-state index in [4.69, 9.17) is 9.47 Å². The largest absolute Gasteiger partial charge is 0.488 e. The van der Waals surface area contributed by atoms with Gasteiger partial charge in [-0.25, -0.2) is 9.59 Å². The van der Waals surface area contributed by atoms with Crippen LogP contribution >= 0.6 is 0 Å². The summed E-state index contributed by atoms with van der Waals surface area (Å²) in [6.45, 7) is 5.43. The van der Waals surface area contributed by atoms with Crippen molar-refractivity contribution in [3.8, 4) is 5.75 Å². The number of benzene rings is 1. The van der Waals surface area contributed by atoms with Gasteiger partial charge in [-0.3, -0.25) is 4.90 Å². The zero-order valence-corrected chi connectivity index (χ0v) is 13.0. The van der Waals surface area contributed by atoms with Gasteiger partial charge >= 0.3 is 12.1 Å². The van der Waals surface area contributed by atoms with E-state index >= 15 is 0 Å². The van der Waals surface area contributed by atoms with E-state index < -0.39 is 23.7 Å². The van der Waals surface area contributed by atoms with Crippen molar-refractivity contribution in [3.63, 3.8) is 0 Å². The molecule has 0 aromatic heterocycles. The number of carbonyl (C=O) groups is 2. The lowest BCUT2D eigenvalue weighted by Gasteiger charge is -2.26.